The summed E-state index contributed by atoms with van der Waals surface area (Å²) in [5, 5.41) is 12.6. The van der Waals surface area contributed by atoms with E-state index in [1.165, 1.54) is 0 Å². The van der Waals surface area contributed by atoms with E-state index in [2.05, 4.69) is 5.32 Å². The maximum absolute atomic E-state index is 13.4. The van der Waals surface area contributed by atoms with E-state index in [0.717, 1.165) is 18.4 Å². The van der Waals surface area contributed by atoms with Crippen LogP contribution in [0.1, 0.15) is 36.9 Å². The molecule has 0 heterocycles. The summed E-state index contributed by atoms with van der Waals surface area (Å²) in [6.45, 7) is 3.79. The van der Waals surface area contributed by atoms with Gasteiger partial charge in [-0.2, -0.15) is 0 Å². The summed E-state index contributed by atoms with van der Waals surface area (Å²) < 4.78 is 13.4. The lowest BCUT2D eigenvalue weighted by Crippen LogP contribution is -2.45. The Hall–Kier alpha value is -0.930. The van der Waals surface area contributed by atoms with Crippen molar-refractivity contribution in [3.05, 3.63) is 35.1 Å². The summed E-state index contributed by atoms with van der Waals surface area (Å²) >= 11 is 0. The second-order valence-electron chi connectivity index (χ2n) is 4.72. The van der Waals surface area contributed by atoms with Gasteiger partial charge in [-0.05, 0) is 43.9 Å². The highest BCUT2D eigenvalue weighted by molar-refractivity contribution is 5.25. The molecule has 0 aliphatic heterocycles. The van der Waals surface area contributed by atoms with Crippen molar-refractivity contribution in [2.45, 2.75) is 44.9 Å². The molecule has 1 aromatic rings. The smallest absolute Gasteiger partial charge is 0.126 e. The highest BCUT2D eigenvalue weighted by atomic mass is 19.1. The van der Waals surface area contributed by atoms with Gasteiger partial charge in [-0.15, -0.1) is 0 Å². The summed E-state index contributed by atoms with van der Waals surface area (Å²) in [5.74, 6) is -0.153. The van der Waals surface area contributed by atoms with Gasteiger partial charge in [0, 0.05) is 12.1 Å². The van der Waals surface area contributed by atoms with Crippen molar-refractivity contribution in [1.82, 2.24) is 5.32 Å². The Balaban J connectivity index is 1.97. The van der Waals surface area contributed by atoms with Crippen molar-refractivity contribution in [2.75, 3.05) is 0 Å². The number of nitrogens with one attached hydrogen (secondary N) is 1. The molecule has 3 heteroatoms. The highest BCUT2D eigenvalue weighted by Gasteiger charge is 2.28. The zero-order valence-corrected chi connectivity index (χ0v) is 9.70. The molecule has 2 N–H and O–H groups in total. The fourth-order valence-electron chi connectivity index (χ4n) is 2.05. The number of aryl methyl sites for hydroxylation is 1. The number of aliphatic hydroxyl groups is 1. The van der Waals surface area contributed by atoms with E-state index in [1.807, 2.05) is 13.0 Å². The monoisotopic (exact) mass is 223 g/mol. The Morgan fingerprint density at radius 2 is 2.12 bits per heavy atom. The fraction of sp³-hybridized carbons (Fsp3) is 0.538. The molecule has 1 fully saturated rings. The van der Waals surface area contributed by atoms with E-state index < -0.39 is 0 Å². The van der Waals surface area contributed by atoms with Crippen molar-refractivity contribution >= 4 is 0 Å². The number of hydrogen-bond acceptors (Lipinski definition) is 2. The number of benzene rings is 1. The van der Waals surface area contributed by atoms with Crippen LogP contribution in [0.15, 0.2) is 18.2 Å². The average molecular weight is 223 g/mol. The van der Waals surface area contributed by atoms with E-state index in [1.54, 1.807) is 19.1 Å². The van der Waals surface area contributed by atoms with Gasteiger partial charge in [-0.3, -0.25) is 0 Å². The Morgan fingerprint density at radius 3 is 2.69 bits per heavy atom. The van der Waals surface area contributed by atoms with Crippen LogP contribution in [-0.2, 0) is 0 Å². The molecule has 2 nitrogen and oxygen atoms in total. The van der Waals surface area contributed by atoms with Gasteiger partial charge in [0.25, 0.3) is 0 Å². The molecule has 0 saturated heterocycles. The van der Waals surface area contributed by atoms with Crippen LogP contribution in [0.25, 0.3) is 0 Å². The van der Waals surface area contributed by atoms with Crippen LogP contribution in [0.3, 0.4) is 0 Å². The normalized spacial score (nSPS) is 26.2. The topological polar surface area (TPSA) is 32.3 Å². The molecule has 0 radical (unpaired) electrons. The number of aliphatic hydroxyl groups excluding tert-OH is 1. The predicted octanol–water partition coefficient (Wildman–Crippen LogP) is 2.31. The summed E-state index contributed by atoms with van der Waals surface area (Å²) in [7, 11) is 0. The molecule has 1 aromatic carbocycles. The third kappa shape index (κ3) is 2.42. The number of rotatable bonds is 3. The largest absolute Gasteiger partial charge is 0.393 e. The van der Waals surface area contributed by atoms with Crippen LogP contribution in [0, 0.1) is 12.7 Å². The predicted molar refractivity (Wildman–Crippen MR) is 61.7 cm³/mol. The first-order valence-electron chi connectivity index (χ1n) is 5.76. The van der Waals surface area contributed by atoms with Crippen LogP contribution in [0.5, 0.6) is 0 Å². The Morgan fingerprint density at radius 1 is 1.44 bits per heavy atom. The minimum Gasteiger partial charge on any atom is -0.393 e. The molecule has 0 spiro atoms. The molecule has 1 aliphatic carbocycles. The average Bonchev–Trinajstić information content (AvgIpc) is 2.19. The highest BCUT2D eigenvalue weighted by Crippen LogP contribution is 2.24. The number of halogens is 1. The van der Waals surface area contributed by atoms with Gasteiger partial charge in [0.15, 0.2) is 0 Å². The lowest BCUT2D eigenvalue weighted by Gasteiger charge is -2.34. The lowest BCUT2D eigenvalue weighted by atomic mass is 9.88. The maximum atomic E-state index is 13.4. The molecule has 1 aliphatic rings. The molecule has 88 valence electrons. The van der Waals surface area contributed by atoms with Crippen LogP contribution in [-0.4, -0.2) is 17.3 Å². The molecule has 0 amide bonds. The van der Waals surface area contributed by atoms with Gasteiger partial charge in [0.05, 0.1) is 6.10 Å². The maximum Gasteiger partial charge on any atom is 0.126 e. The molecular weight excluding hydrogens is 205 g/mol. The van der Waals surface area contributed by atoms with Crippen molar-refractivity contribution in [1.29, 1.82) is 0 Å². The molecule has 0 bridgehead atoms. The minimum atomic E-state index is -0.153. The van der Waals surface area contributed by atoms with Gasteiger partial charge in [-0.25, -0.2) is 4.39 Å². The molecule has 16 heavy (non-hydrogen) atoms. The fourth-order valence-corrected chi connectivity index (χ4v) is 2.05. The van der Waals surface area contributed by atoms with Gasteiger partial charge < -0.3 is 10.4 Å². The minimum absolute atomic E-state index is 0.132. The van der Waals surface area contributed by atoms with Crippen molar-refractivity contribution in [3.63, 3.8) is 0 Å². The Kier molecular flexibility index (Phi) is 3.26. The zero-order chi connectivity index (χ0) is 11.7. The van der Waals surface area contributed by atoms with Crippen molar-refractivity contribution < 1.29 is 9.50 Å². The van der Waals surface area contributed by atoms with E-state index in [9.17, 15) is 9.50 Å². The van der Waals surface area contributed by atoms with E-state index in [4.69, 9.17) is 0 Å². The van der Waals surface area contributed by atoms with E-state index >= 15 is 0 Å². The third-order valence-corrected chi connectivity index (χ3v) is 3.29. The molecule has 0 aromatic heterocycles. The van der Waals surface area contributed by atoms with Crippen molar-refractivity contribution in [2.24, 2.45) is 0 Å². The van der Waals surface area contributed by atoms with Crippen molar-refractivity contribution in [3.8, 4) is 0 Å². The molecule has 1 saturated carbocycles. The first-order valence-corrected chi connectivity index (χ1v) is 5.76. The van der Waals surface area contributed by atoms with Crippen LogP contribution in [0.4, 0.5) is 4.39 Å². The Bertz CT molecular complexity index is 374. The third-order valence-electron chi connectivity index (χ3n) is 3.29. The summed E-state index contributed by atoms with van der Waals surface area (Å²) in [6.07, 6.45) is 1.46. The quantitative estimate of drug-likeness (QED) is 0.824. The van der Waals surface area contributed by atoms with Gasteiger partial charge in [-0.1, -0.05) is 12.1 Å². The summed E-state index contributed by atoms with van der Waals surface area (Å²) in [5.41, 5.74) is 1.64. The SMILES string of the molecule is Cc1ccc(C(C)NC2CC(O)C2)cc1F. The molecule has 1 unspecified atom stereocenters. The van der Waals surface area contributed by atoms with Gasteiger partial charge in [0.2, 0.25) is 0 Å². The number of hydrogen-bond donors (Lipinski definition) is 2. The Labute approximate surface area is 95.5 Å². The lowest BCUT2D eigenvalue weighted by molar-refractivity contribution is 0.0585. The van der Waals surface area contributed by atoms with Gasteiger partial charge >= 0.3 is 0 Å². The van der Waals surface area contributed by atoms with Crippen LogP contribution < -0.4 is 5.32 Å². The van der Waals surface area contributed by atoms with Gasteiger partial charge in [0.1, 0.15) is 5.82 Å². The standard InChI is InChI=1S/C13H18FNO/c1-8-3-4-10(5-13(8)14)9(2)15-11-6-12(16)7-11/h3-5,9,11-12,15-16H,6-7H2,1-2H3. The molecule has 2 rings (SSSR count). The van der Waals surface area contributed by atoms with Crippen LogP contribution >= 0.6 is 0 Å². The molecular formula is C13H18FNO. The van der Waals surface area contributed by atoms with E-state index in [-0.39, 0.29) is 18.0 Å². The zero-order valence-electron chi connectivity index (χ0n) is 9.70. The molecule has 1 atom stereocenters. The van der Waals surface area contributed by atoms with Crippen LogP contribution in [0.2, 0.25) is 0 Å². The first kappa shape index (κ1) is 11.6. The first-order chi connectivity index (χ1) is 7.56. The van der Waals surface area contributed by atoms with E-state index in [0.29, 0.717) is 11.6 Å². The second-order valence-corrected chi connectivity index (χ2v) is 4.72. The summed E-state index contributed by atoms with van der Waals surface area (Å²) in [4.78, 5) is 0. The second kappa shape index (κ2) is 4.52. The summed E-state index contributed by atoms with van der Waals surface area (Å²) in [6, 6.07) is 5.84.